The fourth-order valence-corrected chi connectivity index (χ4v) is 2.16. The van der Waals surface area contributed by atoms with Crippen LogP contribution in [0.1, 0.15) is 26.3 Å². The first-order valence-corrected chi connectivity index (χ1v) is 5.76. The van der Waals surface area contributed by atoms with Gasteiger partial charge in [0.2, 0.25) is 0 Å². The molecule has 1 heterocycles. The summed E-state index contributed by atoms with van der Waals surface area (Å²) in [7, 11) is 0. The Morgan fingerprint density at radius 2 is 2.00 bits per heavy atom. The Kier molecular flexibility index (Phi) is 3.10. The minimum absolute atomic E-state index is 0.138. The molecule has 2 nitrogen and oxygen atoms in total. The molecule has 0 radical (unpaired) electrons. The molecule has 0 saturated heterocycles. The fourth-order valence-electron chi connectivity index (χ4n) is 2.16. The minimum atomic E-state index is 0.138. The Balaban J connectivity index is 1.98. The summed E-state index contributed by atoms with van der Waals surface area (Å²) < 4.78 is 5.99. The van der Waals surface area contributed by atoms with Crippen molar-refractivity contribution < 1.29 is 4.74 Å². The first-order valence-electron chi connectivity index (χ1n) is 5.76. The fraction of sp³-hybridized carbons (Fsp3) is 0.500. The highest BCUT2D eigenvalue weighted by Crippen LogP contribution is 2.30. The predicted octanol–water partition coefficient (Wildman–Crippen LogP) is 3.07. The second kappa shape index (κ2) is 4.38. The van der Waals surface area contributed by atoms with E-state index < -0.39 is 0 Å². The van der Waals surface area contributed by atoms with Gasteiger partial charge < -0.3 is 4.74 Å². The number of benzene rings is 1. The normalized spacial score (nSPS) is 23.2. The lowest BCUT2D eigenvalue weighted by atomic mass is 9.87. The van der Waals surface area contributed by atoms with Gasteiger partial charge in [0.1, 0.15) is 6.10 Å². The lowest BCUT2D eigenvalue weighted by Gasteiger charge is -2.27. The molecule has 1 unspecified atom stereocenters. The highest BCUT2D eigenvalue weighted by atomic mass is 16.5. The van der Waals surface area contributed by atoms with Crippen LogP contribution in [0.2, 0.25) is 0 Å². The van der Waals surface area contributed by atoms with E-state index in [1.165, 1.54) is 5.56 Å². The van der Waals surface area contributed by atoms with Crippen molar-refractivity contribution in [1.29, 1.82) is 0 Å². The van der Waals surface area contributed by atoms with Gasteiger partial charge in [-0.2, -0.15) is 0 Å². The zero-order chi connectivity index (χ0) is 11.6. The van der Waals surface area contributed by atoms with Crippen molar-refractivity contribution in [2.75, 3.05) is 6.54 Å². The molecule has 0 fully saturated rings. The Morgan fingerprint density at radius 3 is 2.56 bits per heavy atom. The van der Waals surface area contributed by atoms with E-state index in [-0.39, 0.29) is 11.5 Å². The molecule has 0 bridgehead atoms. The summed E-state index contributed by atoms with van der Waals surface area (Å²) in [6, 6.07) is 10.3. The summed E-state index contributed by atoms with van der Waals surface area (Å²) in [5, 5.41) is 0. The molecule has 0 aromatic heterocycles. The van der Waals surface area contributed by atoms with E-state index in [2.05, 4.69) is 37.9 Å². The van der Waals surface area contributed by atoms with E-state index in [0.29, 0.717) is 6.61 Å². The van der Waals surface area contributed by atoms with Crippen LogP contribution in [-0.2, 0) is 11.3 Å². The van der Waals surface area contributed by atoms with Crippen molar-refractivity contribution >= 4 is 5.71 Å². The third kappa shape index (κ3) is 2.33. The van der Waals surface area contributed by atoms with E-state index in [1.54, 1.807) is 0 Å². The molecule has 2 rings (SSSR count). The SMILES string of the molecule is CC1=NCC(C)(C)C1OCc1ccccc1. The van der Waals surface area contributed by atoms with Gasteiger partial charge in [-0.05, 0) is 12.5 Å². The topological polar surface area (TPSA) is 21.6 Å². The van der Waals surface area contributed by atoms with Crippen molar-refractivity contribution in [2.45, 2.75) is 33.5 Å². The van der Waals surface area contributed by atoms with Gasteiger partial charge in [0.05, 0.1) is 6.61 Å². The van der Waals surface area contributed by atoms with Gasteiger partial charge in [-0.3, -0.25) is 4.99 Å². The standard InChI is InChI=1S/C14H19NO/c1-11-13(14(2,3)10-15-11)16-9-12-7-5-4-6-8-12/h4-8,13H,9-10H2,1-3H3. The Hall–Kier alpha value is -1.15. The van der Waals surface area contributed by atoms with E-state index in [9.17, 15) is 0 Å². The smallest absolute Gasteiger partial charge is 0.102 e. The molecule has 0 aliphatic carbocycles. The van der Waals surface area contributed by atoms with Crippen molar-refractivity contribution in [3.8, 4) is 0 Å². The highest BCUT2D eigenvalue weighted by Gasteiger charge is 2.36. The van der Waals surface area contributed by atoms with Gasteiger partial charge in [-0.25, -0.2) is 0 Å². The molecular formula is C14H19NO. The molecule has 1 aliphatic heterocycles. The van der Waals surface area contributed by atoms with E-state index in [0.717, 1.165) is 12.3 Å². The molecule has 1 aliphatic rings. The molecule has 16 heavy (non-hydrogen) atoms. The summed E-state index contributed by atoms with van der Waals surface area (Å²) in [6.07, 6.45) is 0.160. The molecule has 0 saturated carbocycles. The molecule has 0 N–H and O–H groups in total. The minimum Gasteiger partial charge on any atom is -0.367 e. The average Bonchev–Trinajstić information content (AvgIpc) is 2.52. The van der Waals surface area contributed by atoms with Crippen LogP contribution in [0, 0.1) is 5.41 Å². The van der Waals surface area contributed by atoms with Gasteiger partial charge in [-0.1, -0.05) is 44.2 Å². The zero-order valence-electron chi connectivity index (χ0n) is 10.2. The summed E-state index contributed by atoms with van der Waals surface area (Å²) in [5.74, 6) is 0. The van der Waals surface area contributed by atoms with E-state index >= 15 is 0 Å². The van der Waals surface area contributed by atoms with Crippen molar-refractivity contribution in [2.24, 2.45) is 10.4 Å². The first-order chi connectivity index (χ1) is 7.59. The Morgan fingerprint density at radius 1 is 1.31 bits per heavy atom. The van der Waals surface area contributed by atoms with Crippen LogP contribution in [0.25, 0.3) is 0 Å². The van der Waals surface area contributed by atoms with Crippen LogP contribution in [0.3, 0.4) is 0 Å². The number of ether oxygens (including phenoxy) is 1. The van der Waals surface area contributed by atoms with Gasteiger partial charge in [0, 0.05) is 17.7 Å². The largest absolute Gasteiger partial charge is 0.367 e. The number of hydrogen-bond donors (Lipinski definition) is 0. The second-order valence-corrected chi connectivity index (χ2v) is 5.12. The van der Waals surface area contributed by atoms with Gasteiger partial charge >= 0.3 is 0 Å². The zero-order valence-corrected chi connectivity index (χ0v) is 10.2. The number of nitrogens with zero attached hydrogens (tertiary/aromatic N) is 1. The van der Waals surface area contributed by atoms with Crippen molar-refractivity contribution in [3.63, 3.8) is 0 Å². The summed E-state index contributed by atoms with van der Waals surface area (Å²) in [6.45, 7) is 8.02. The van der Waals surface area contributed by atoms with Gasteiger partial charge in [0.25, 0.3) is 0 Å². The van der Waals surface area contributed by atoms with Crippen molar-refractivity contribution in [3.05, 3.63) is 35.9 Å². The monoisotopic (exact) mass is 217 g/mol. The molecule has 2 heteroatoms. The van der Waals surface area contributed by atoms with Crippen LogP contribution < -0.4 is 0 Å². The highest BCUT2D eigenvalue weighted by molar-refractivity contribution is 5.89. The van der Waals surface area contributed by atoms with Crippen LogP contribution in [0.5, 0.6) is 0 Å². The molecule has 0 amide bonds. The molecular weight excluding hydrogens is 198 g/mol. The molecule has 1 aromatic rings. The van der Waals surface area contributed by atoms with Crippen LogP contribution in [0.4, 0.5) is 0 Å². The second-order valence-electron chi connectivity index (χ2n) is 5.12. The maximum atomic E-state index is 5.99. The third-order valence-electron chi connectivity index (χ3n) is 3.08. The van der Waals surface area contributed by atoms with Crippen molar-refractivity contribution in [1.82, 2.24) is 0 Å². The lowest BCUT2D eigenvalue weighted by Crippen LogP contribution is -2.34. The average molecular weight is 217 g/mol. The van der Waals surface area contributed by atoms with Gasteiger partial charge in [-0.15, -0.1) is 0 Å². The first kappa shape index (κ1) is 11.3. The number of aliphatic imine (C=N–C) groups is 1. The Bertz CT molecular complexity index is 381. The molecule has 86 valence electrons. The van der Waals surface area contributed by atoms with E-state index in [1.807, 2.05) is 18.2 Å². The lowest BCUT2D eigenvalue weighted by molar-refractivity contribution is 0.0216. The molecule has 0 spiro atoms. The quantitative estimate of drug-likeness (QED) is 0.762. The summed E-state index contributed by atoms with van der Waals surface area (Å²) >= 11 is 0. The van der Waals surface area contributed by atoms with Crippen LogP contribution in [0.15, 0.2) is 35.3 Å². The Labute approximate surface area is 97.4 Å². The van der Waals surface area contributed by atoms with Crippen LogP contribution >= 0.6 is 0 Å². The van der Waals surface area contributed by atoms with E-state index in [4.69, 9.17) is 4.74 Å². The molecule has 1 aromatic carbocycles. The maximum absolute atomic E-state index is 5.99. The summed E-state index contributed by atoms with van der Waals surface area (Å²) in [5.41, 5.74) is 2.48. The number of rotatable bonds is 3. The van der Waals surface area contributed by atoms with Crippen LogP contribution in [-0.4, -0.2) is 18.4 Å². The molecule has 1 atom stereocenters. The number of hydrogen-bond acceptors (Lipinski definition) is 2. The maximum Gasteiger partial charge on any atom is 0.102 e. The van der Waals surface area contributed by atoms with Gasteiger partial charge in [0.15, 0.2) is 0 Å². The third-order valence-corrected chi connectivity index (χ3v) is 3.08. The summed E-state index contributed by atoms with van der Waals surface area (Å²) in [4.78, 5) is 4.47. The predicted molar refractivity (Wildman–Crippen MR) is 66.8 cm³/mol.